The Balaban J connectivity index is 2.24. The predicted molar refractivity (Wildman–Crippen MR) is 76.2 cm³/mol. The lowest BCUT2D eigenvalue weighted by Gasteiger charge is -2.31. The zero-order valence-electron chi connectivity index (χ0n) is 11.6. The highest BCUT2D eigenvalue weighted by Crippen LogP contribution is 2.23. The fourth-order valence-corrected chi connectivity index (χ4v) is 2.52. The molecule has 18 heavy (non-hydrogen) atoms. The van der Waals surface area contributed by atoms with Gasteiger partial charge in [-0.05, 0) is 57.0 Å². The van der Waals surface area contributed by atoms with Crippen molar-refractivity contribution in [3.63, 3.8) is 0 Å². The van der Waals surface area contributed by atoms with E-state index in [9.17, 15) is 5.11 Å². The van der Waals surface area contributed by atoms with Crippen molar-refractivity contribution < 1.29 is 5.11 Å². The zero-order chi connectivity index (χ0) is 13.1. The van der Waals surface area contributed by atoms with Gasteiger partial charge in [0.15, 0.2) is 0 Å². The molecule has 2 atom stereocenters. The molecule has 0 radical (unpaired) electrons. The molecular weight excluding hydrogens is 224 g/mol. The maximum atomic E-state index is 9.38. The molecule has 3 heteroatoms. The summed E-state index contributed by atoms with van der Waals surface area (Å²) in [5, 5.41) is 12.8. The van der Waals surface area contributed by atoms with Gasteiger partial charge in [-0.15, -0.1) is 0 Å². The number of nitrogens with one attached hydrogen (secondary N) is 1. The number of aliphatic hydroxyl groups is 1. The maximum absolute atomic E-state index is 9.38. The smallest absolute Gasteiger partial charge is 0.0601 e. The van der Waals surface area contributed by atoms with Crippen molar-refractivity contribution in [2.45, 2.75) is 39.3 Å². The molecule has 1 aliphatic rings. The standard InChI is InChI=1S/C15H24N2O/c1-11-4-5-15(8-12(11)2)17-9-14(10-18)16-7-6-13(17)3/h4-5,8,13-14,16,18H,6-7,9-10H2,1-3H3. The predicted octanol–water partition coefficient (Wildman–Crippen LogP) is 1.85. The van der Waals surface area contributed by atoms with Gasteiger partial charge in [0.2, 0.25) is 0 Å². The molecule has 2 unspecified atom stereocenters. The molecule has 0 spiro atoms. The minimum Gasteiger partial charge on any atom is -0.395 e. The van der Waals surface area contributed by atoms with Gasteiger partial charge in [0.25, 0.3) is 0 Å². The summed E-state index contributed by atoms with van der Waals surface area (Å²) in [7, 11) is 0. The maximum Gasteiger partial charge on any atom is 0.0601 e. The number of aliphatic hydroxyl groups excluding tert-OH is 1. The van der Waals surface area contributed by atoms with Crippen LogP contribution in [0.25, 0.3) is 0 Å². The minimum atomic E-state index is 0.177. The molecule has 2 rings (SSSR count). The fraction of sp³-hybridized carbons (Fsp3) is 0.600. The summed E-state index contributed by atoms with van der Waals surface area (Å²) < 4.78 is 0. The van der Waals surface area contributed by atoms with Gasteiger partial charge in [0.1, 0.15) is 0 Å². The Morgan fingerprint density at radius 1 is 1.33 bits per heavy atom. The molecule has 3 nitrogen and oxygen atoms in total. The van der Waals surface area contributed by atoms with Gasteiger partial charge in [0.05, 0.1) is 6.61 Å². The van der Waals surface area contributed by atoms with Gasteiger partial charge in [-0.25, -0.2) is 0 Å². The van der Waals surface area contributed by atoms with Crippen molar-refractivity contribution in [2.24, 2.45) is 0 Å². The van der Waals surface area contributed by atoms with Gasteiger partial charge in [0, 0.05) is 24.3 Å². The normalized spacial score (nSPS) is 25.0. The SMILES string of the molecule is Cc1ccc(N2CC(CO)NCCC2C)cc1C. The second-order valence-electron chi connectivity index (χ2n) is 5.39. The first-order chi connectivity index (χ1) is 8.61. The van der Waals surface area contributed by atoms with Crippen LogP contribution in [0.1, 0.15) is 24.5 Å². The van der Waals surface area contributed by atoms with E-state index in [2.05, 4.69) is 49.2 Å². The number of nitrogens with zero attached hydrogens (tertiary/aromatic N) is 1. The van der Waals surface area contributed by atoms with Crippen molar-refractivity contribution in [2.75, 3.05) is 24.6 Å². The average Bonchev–Trinajstić information content (AvgIpc) is 2.54. The lowest BCUT2D eigenvalue weighted by molar-refractivity contribution is 0.248. The number of anilines is 1. The second-order valence-corrected chi connectivity index (χ2v) is 5.39. The van der Waals surface area contributed by atoms with Crippen molar-refractivity contribution in [1.82, 2.24) is 5.32 Å². The van der Waals surface area contributed by atoms with Crippen LogP contribution >= 0.6 is 0 Å². The summed E-state index contributed by atoms with van der Waals surface area (Å²) in [4.78, 5) is 2.41. The van der Waals surface area contributed by atoms with E-state index in [1.165, 1.54) is 16.8 Å². The van der Waals surface area contributed by atoms with Gasteiger partial charge in [-0.1, -0.05) is 6.07 Å². The number of benzene rings is 1. The number of hydrogen-bond acceptors (Lipinski definition) is 3. The molecule has 0 aliphatic carbocycles. The topological polar surface area (TPSA) is 35.5 Å². The largest absolute Gasteiger partial charge is 0.395 e. The summed E-state index contributed by atoms with van der Waals surface area (Å²) in [5.74, 6) is 0. The quantitative estimate of drug-likeness (QED) is 0.838. The van der Waals surface area contributed by atoms with Gasteiger partial charge < -0.3 is 15.3 Å². The highest BCUT2D eigenvalue weighted by atomic mass is 16.3. The molecule has 1 fully saturated rings. The molecule has 0 aromatic heterocycles. The van der Waals surface area contributed by atoms with Crippen LogP contribution in [0, 0.1) is 13.8 Å². The van der Waals surface area contributed by atoms with Crippen LogP contribution in [-0.2, 0) is 0 Å². The van der Waals surface area contributed by atoms with Crippen molar-refractivity contribution in [1.29, 1.82) is 0 Å². The van der Waals surface area contributed by atoms with Gasteiger partial charge >= 0.3 is 0 Å². The number of hydrogen-bond donors (Lipinski definition) is 2. The second kappa shape index (κ2) is 5.72. The third kappa shape index (κ3) is 2.85. The average molecular weight is 248 g/mol. The molecule has 0 amide bonds. The summed E-state index contributed by atoms with van der Waals surface area (Å²) in [6.45, 7) is 8.62. The van der Waals surface area contributed by atoms with Crippen molar-refractivity contribution in [3.05, 3.63) is 29.3 Å². The molecule has 1 saturated heterocycles. The first-order valence-corrected chi connectivity index (χ1v) is 6.80. The highest BCUT2D eigenvalue weighted by molar-refractivity contribution is 5.51. The third-order valence-electron chi connectivity index (χ3n) is 3.99. The molecule has 1 aromatic rings. The van der Waals surface area contributed by atoms with E-state index in [0.29, 0.717) is 6.04 Å². The lowest BCUT2D eigenvalue weighted by atomic mass is 10.1. The summed E-state index contributed by atoms with van der Waals surface area (Å²) in [6.07, 6.45) is 1.11. The van der Waals surface area contributed by atoms with Crippen LogP contribution in [0.15, 0.2) is 18.2 Å². The Morgan fingerprint density at radius 2 is 2.11 bits per heavy atom. The van der Waals surface area contributed by atoms with Crippen LogP contribution in [0.3, 0.4) is 0 Å². The summed E-state index contributed by atoms with van der Waals surface area (Å²) in [6, 6.07) is 7.32. The Morgan fingerprint density at radius 3 is 2.78 bits per heavy atom. The molecule has 0 saturated carbocycles. The van der Waals surface area contributed by atoms with Crippen LogP contribution in [-0.4, -0.2) is 36.9 Å². The number of rotatable bonds is 2. The van der Waals surface area contributed by atoms with Gasteiger partial charge in [-0.3, -0.25) is 0 Å². The Hall–Kier alpha value is -1.06. The van der Waals surface area contributed by atoms with Crippen LogP contribution in [0.5, 0.6) is 0 Å². The van der Waals surface area contributed by atoms with E-state index >= 15 is 0 Å². The fourth-order valence-electron chi connectivity index (χ4n) is 2.52. The monoisotopic (exact) mass is 248 g/mol. The summed E-state index contributed by atoms with van der Waals surface area (Å²) >= 11 is 0. The highest BCUT2D eigenvalue weighted by Gasteiger charge is 2.22. The molecule has 1 aromatic carbocycles. The van der Waals surface area contributed by atoms with E-state index in [0.717, 1.165) is 19.5 Å². The van der Waals surface area contributed by atoms with E-state index in [1.54, 1.807) is 0 Å². The molecule has 1 heterocycles. The Labute approximate surface area is 110 Å². The molecule has 0 bridgehead atoms. The van der Waals surface area contributed by atoms with Crippen molar-refractivity contribution in [3.8, 4) is 0 Å². The molecule has 2 N–H and O–H groups in total. The third-order valence-corrected chi connectivity index (χ3v) is 3.99. The number of aryl methyl sites for hydroxylation is 2. The van der Waals surface area contributed by atoms with E-state index in [1.807, 2.05) is 0 Å². The Kier molecular flexibility index (Phi) is 4.25. The molecule has 1 aliphatic heterocycles. The molecule has 100 valence electrons. The first-order valence-electron chi connectivity index (χ1n) is 6.80. The van der Waals surface area contributed by atoms with E-state index < -0.39 is 0 Å². The van der Waals surface area contributed by atoms with Crippen LogP contribution in [0.2, 0.25) is 0 Å². The Bertz CT molecular complexity index is 405. The first kappa shape index (κ1) is 13.4. The lowest BCUT2D eigenvalue weighted by Crippen LogP contribution is -2.42. The molecular formula is C15H24N2O. The van der Waals surface area contributed by atoms with Crippen LogP contribution in [0.4, 0.5) is 5.69 Å². The van der Waals surface area contributed by atoms with Crippen molar-refractivity contribution >= 4 is 5.69 Å². The van der Waals surface area contributed by atoms with E-state index in [-0.39, 0.29) is 12.6 Å². The van der Waals surface area contributed by atoms with Crippen LogP contribution < -0.4 is 10.2 Å². The van der Waals surface area contributed by atoms with E-state index in [4.69, 9.17) is 0 Å². The zero-order valence-corrected chi connectivity index (χ0v) is 11.6. The summed E-state index contributed by atoms with van der Waals surface area (Å²) in [5.41, 5.74) is 3.93. The van der Waals surface area contributed by atoms with Gasteiger partial charge in [-0.2, -0.15) is 0 Å². The minimum absolute atomic E-state index is 0.177.